The van der Waals surface area contributed by atoms with Gasteiger partial charge < -0.3 is 14.8 Å². The van der Waals surface area contributed by atoms with Gasteiger partial charge in [-0.3, -0.25) is 4.79 Å². The van der Waals surface area contributed by atoms with Gasteiger partial charge in [0.1, 0.15) is 5.76 Å². The molecule has 0 aliphatic rings. The highest BCUT2D eigenvalue weighted by Crippen LogP contribution is 2.26. The Balaban J connectivity index is 1.73. The Morgan fingerprint density at radius 2 is 2.22 bits per heavy atom. The van der Waals surface area contributed by atoms with Gasteiger partial charge in [-0.2, -0.15) is 0 Å². The summed E-state index contributed by atoms with van der Waals surface area (Å²) in [5.74, 6) is 0.989. The van der Waals surface area contributed by atoms with Crippen molar-refractivity contribution < 1.29 is 9.32 Å². The normalized spacial score (nSPS) is 12.5. The summed E-state index contributed by atoms with van der Waals surface area (Å²) in [6, 6.07) is 7.74. The zero-order chi connectivity index (χ0) is 16.4. The smallest absolute Gasteiger partial charge is 0.239 e. The largest absolute Gasteiger partial charge is 0.360 e. The molecule has 0 saturated carbocycles. The van der Waals surface area contributed by atoms with Crippen LogP contribution in [0.2, 0.25) is 0 Å². The summed E-state index contributed by atoms with van der Waals surface area (Å²) in [5.41, 5.74) is 3.05. The summed E-state index contributed by atoms with van der Waals surface area (Å²) in [7, 11) is 0. The lowest BCUT2D eigenvalue weighted by Gasteiger charge is -2.11. The van der Waals surface area contributed by atoms with Crippen LogP contribution in [0.3, 0.4) is 0 Å². The van der Waals surface area contributed by atoms with Crippen LogP contribution in [-0.2, 0) is 4.79 Å². The van der Waals surface area contributed by atoms with E-state index in [0.717, 1.165) is 16.2 Å². The lowest BCUT2D eigenvalue weighted by atomic mass is 10.2. The maximum Gasteiger partial charge on any atom is 0.239 e. The van der Waals surface area contributed by atoms with E-state index in [2.05, 4.69) is 20.4 Å². The van der Waals surface area contributed by atoms with E-state index in [-0.39, 0.29) is 11.2 Å². The Morgan fingerprint density at radius 3 is 2.91 bits per heavy atom. The monoisotopic (exact) mass is 330 g/mol. The number of anilines is 1. The molecule has 2 N–H and O–H groups in total. The Kier molecular flexibility index (Phi) is 4.38. The van der Waals surface area contributed by atoms with E-state index in [0.29, 0.717) is 18.0 Å². The van der Waals surface area contributed by atoms with Crippen LogP contribution >= 0.6 is 11.8 Å². The lowest BCUT2D eigenvalue weighted by Crippen LogP contribution is -2.24. The number of carbonyl (C=O) groups excluding carboxylic acids is 1. The van der Waals surface area contributed by atoms with Crippen molar-refractivity contribution in [3.8, 4) is 0 Å². The molecule has 0 aliphatic heterocycles. The first-order valence-electron chi connectivity index (χ1n) is 7.42. The second kappa shape index (κ2) is 6.45. The number of hydrogen-bond acceptors (Lipinski definition) is 5. The fourth-order valence-corrected chi connectivity index (χ4v) is 3.17. The number of fused-ring (bicyclic) bond motifs is 1. The molecule has 1 aromatic carbocycles. The molecular weight excluding hydrogens is 312 g/mol. The van der Waals surface area contributed by atoms with Gasteiger partial charge in [-0.05, 0) is 38.0 Å². The minimum Gasteiger partial charge on any atom is -0.360 e. The van der Waals surface area contributed by atoms with E-state index in [1.54, 1.807) is 13.0 Å². The molecule has 0 unspecified atom stereocenters. The average Bonchev–Trinajstić information content (AvgIpc) is 3.09. The van der Waals surface area contributed by atoms with Gasteiger partial charge in [0.15, 0.2) is 11.0 Å². The third-order valence-corrected chi connectivity index (χ3v) is 4.66. The molecule has 120 valence electrons. The number of carbonyl (C=O) groups is 1. The van der Waals surface area contributed by atoms with Crippen molar-refractivity contribution in [2.24, 2.45) is 0 Å². The van der Waals surface area contributed by atoms with Gasteiger partial charge in [-0.25, -0.2) is 4.98 Å². The predicted octanol–water partition coefficient (Wildman–Crippen LogP) is 3.68. The van der Waals surface area contributed by atoms with E-state index in [1.165, 1.54) is 17.3 Å². The molecule has 2 aromatic heterocycles. The molecule has 7 heteroatoms. The first kappa shape index (κ1) is 15.6. The van der Waals surface area contributed by atoms with Crippen LogP contribution in [0.4, 0.5) is 5.82 Å². The van der Waals surface area contributed by atoms with Gasteiger partial charge >= 0.3 is 0 Å². The molecule has 0 fully saturated rings. The number of H-pyrrole nitrogens is 1. The standard InChI is InChI=1S/C16H18N4O2S/c1-4-13(15(21)19-14-8-10(3)22-20-14)23-16-17-11-6-5-9(2)7-12(11)18-16/h5-8,13H,4H2,1-3H3,(H,17,18)(H,19,20,21)/t13-/m1/s1. The van der Waals surface area contributed by atoms with Crippen LogP contribution in [0.1, 0.15) is 24.7 Å². The fraction of sp³-hybridized carbons (Fsp3) is 0.312. The van der Waals surface area contributed by atoms with Crippen molar-refractivity contribution in [2.45, 2.75) is 37.6 Å². The minimum atomic E-state index is -0.256. The highest BCUT2D eigenvalue weighted by molar-refractivity contribution is 8.00. The molecule has 23 heavy (non-hydrogen) atoms. The van der Waals surface area contributed by atoms with E-state index < -0.39 is 0 Å². The Bertz CT molecular complexity index is 840. The molecule has 2 heterocycles. The summed E-state index contributed by atoms with van der Waals surface area (Å²) >= 11 is 1.42. The van der Waals surface area contributed by atoms with Crippen molar-refractivity contribution >= 4 is 34.5 Å². The molecule has 3 rings (SSSR count). The first-order valence-corrected chi connectivity index (χ1v) is 8.30. The number of benzene rings is 1. The van der Waals surface area contributed by atoms with Crippen LogP contribution in [-0.4, -0.2) is 26.3 Å². The number of imidazole rings is 1. The van der Waals surface area contributed by atoms with E-state index in [9.17, 15) is 4.79 Å². The summed E-state index contributed by atoms with van der Waals surface area (Å²) in [6.45, 7) is 5.79. The average molecular weight is 330 g/mol. The van der Waals surface area contributed by atoms with Crippen molar-refractivity contribution in [1.82, 2.24) is 15.1 Å². The summed E-state index contributed by atoms with van der Waals surface area (Å²) < 4.78 is 4.96. The number of aromatic amines is 1. The Hall–Kier alpha value is -2.28. The molecule has 6 nitrogen and oxygen atoms in total. The van der Waals surface area contributed by atoms with E-state index in [4.69, 9.17) is 4.52 Å². The number of aromatic nitrogens is 3. The van der Waals surface area contributed by atoms with Gasteiger partial charge in [0, 0.05) is 6.07 Å². The molecular formula is C16H18N4O2S. The summed E-state index contributed by atoms with van der Waals surface area (Å²) in [4.78, 5) is 20.2. The maximum atomic E-state index is 12.4. The molecule has 1 atom stereocenters. The van der Waals surface area contributed by atoms with E-state index in [1.807, 2.05) is 32.0 Å². The molecule has 0 aliphatic carbocycles. The third kappa shape index (κ3) is 3.56. The predicted molar refractivity (Wildman–Crippen MR) is 90.6 cm³/mol. The highest BCUT2D eigenvalue weighted by Gasteiger charge is 2.21. The number of amides is 1. The van der Waals surface area contributed by atoms with E-state index >= 15 is 0 Å². The van der Waals surface area contributed by atoms with Gasteiger partial charge in [0.2, 0.25) is 5.91 Å². The van der Waals surface area contributed by atoms with Crippen LogP contribution < -0.4 is 5.32 Å². The number of aryl methyl sites for hydroxylation is 2. The second-order valence-electron chi connectivity index (χ2n) is 5.39. The number of nitrogens with one attached hydrogen (secondary N) is 2. The van der Waals surface area contributed by atoms with Gasteiger partial charge in [-0.1, -0.05) is 29.9 Å². The molecule has 0 bridgehead atoms. The van der Waals surface area contributed by atoms with Crippen molar-refractivity contribution in [3.63, 3.8) is 0 Å². The number of hydrogen-bond donors (Lipinski definition) is 2. The van der Waals surface area contributed by atoms with Crippen molar-refractivity contribution in [2.75, 3.05) is 5.32 Å². The SMILES string of the molecule is CC[C@@H](Sc1nc2ccc(C)cc2[nH]1)C(=O)Nc1cc(C)on1. The quantitative estimate of drug-likeness (QED) is 0.697. The molecule has 0 saturated heterocycles. The minimum absolute atomic E-state index is 0.109. The van der Waals surface area contributed by atoms with Crippen LogP contribution in [0, 0.1) is 13.8 Å². The molecule has 1 amide bonds. The highest BCUT2D eigenvalue weighted by atomic mass is 32.2. The second-order valence-corrected chi connectivity index (χ2v) is 6.58. The van der Waals surface area contributed by atoms with Gasteiger partial charge in [0.25, 0.3) is 0 Å². The number of nitrogens with zero attached hydrogens (tertiary/aromatic N) is 2. The van der Waals surface area contributed by atoms with Crippen LogP contribution in [0.25, 0.3) is 11.0 Å². The van der Waals surface area contributed by atoms with Crippen LogP contribution in [0.5, 0.6) is 0 Å². The third-order valence-electron chi connectivity index (χ3n) is 3.41. The molecule has 0 spiro atoms. The first-order chi connectivity index (χ1) is 11.0. The fourth-order valence-electron chi connectivity index (χ4n) is 2.24. The lowest BCUT2D eigenvalue weighted by molar-refractivity contribution is -0.115. The molecule has 0 radical (unpaired) electrons. The maximum absolute atomic E-state index is 12.4. The zero-order valence-corrected chi connectivity index (χ0v) is 14.0. The number of thioether (sulfide) groups is 1. The summed E-state index contributed by atoms with van der Waals surface area (Å²) in [5, 5.41) is 7.04. The number of rotatable bonds is 5. The van der Waals surface area contributed by atoms with Crippen molar-refractivity contribution in [3.05, 3.63) is 35.6 Å². The molecule has 3 aromatic rings. The summed E-state index contributed by atoms with van der Waals surface area (Å²) in [6.07, 6.45) is 0.684. The van der Waals surface area contributed by atoms with Crippen LogP contribution in [0.15, 0.2) is 33.9 Å². The van der Waals surface area contributed by atoms with Gasteiger partial charge in [0.05, 0.1) is 16.3 Å². The van der Waals surface area contributed by atoms with Gasteiger partial charge in [-0.15, -0.1) is 0 Å². The topological polar surface area (TPSA) is 83.8 Å². The zero-order valence-electron chi connectivity index (χ0n) is 13.2. The Labute approximate surface area is 138 Å². The Morgan fingerprint density at radius 1 is 1.39 bits per heavy atom. The van der Waals surface area contributed by atoms with Crippen molar-refractivity contribution in [1.29, 1.82) is 0 Å².